The monoisotopic (exact) mass is 449 g/mol. The smallest absolute Gasteiger partial charge is 0.227 e. The van der Waals surface area contributed by atoms with Crippen molar-refractivity contribution in [2.24, 2.45) is 0 Å². The number of hydrogen-bond donors (Lipinski definition) is 0. The summed E-state index contributed by atoms with van der Waals surface area (Å²) in [5.41, 5.74) is 3.20. The molecule has 0 saturated heterocycles. The molecule has 156 valence electrons. The minimum absolute atomic E-state index is 0.0454. The van der Waals surface area contributed by atoms with Gasteiger partial charge in [-0.3, -0.25) is 4.79 Å². The van der Waals surface area contributed by atoms with Gasteiger partial charge in [0.15, 0.2) is 0 Å². The molecule has 2 aromatic heterocycles. The summed E-state index contributed by atoms with van der Waals surface area (Å²) in [5, 5.41) is 6.81. The molecule has 5 rings (SSSR count). The SMILES string of the molecule is O=C(CCc1nc(-c2ccc(Cl)cc2)no1)N1CCc2sccc2C1c1ccccc1. The van der Waals surface area contributed by atoms with Crippen LogP contribution >= 0.6 is 22.9 Å². The molecule has 1 aliphatic heterocycles. The molecule has 2 aromatic carbocycles. The Balaban J connectivity index is 1.31. The van der Waals surface area contributed by atoms with Crippen molar-refractivity contribution in [3.63, 3.8) is 0 Å². The maximum absolute atomic E-state index is 13.2. The minimum Gasteiger partial charge on any atom is -0.339 e. The molecule has 3 heterocycles. The number of nitrogens with zero attached hydrogens (tertiary/aromatic N) is 3. The zero-order valence-electron chi connectivity index (χ0n) is 16.7. The van der Waals surface area contributed by atoms with Crippen molar-refractivity contribution in [2.45, 2.75) is 25.3 Å². The van der Waals surface area contributed by atoms with Gasteiger partial charge in [-0.25, -0.2) is 0 Å². The van der Waals surface area contributed by atoms with Gasteiger partial charge in [-0.2, -0.15) is 4.98 Å². The van der Waals surface area contributed by atoms with E-state index in [4.69, 9.17) is 16.1 Å². The molecule has 0 saturated carbocycles. The first-order chi connectivity index (χ1) is 15.2. The molecule has 0 fully saturated rings. The average Bonchev–Trinajstić information content (AvgIpc) is 3.47. The summed E-state index contributed by atoms with van der Waals surface area (Å²) in [6, 6.07) is 19.6. The largest absolute Gasteiger partial charge is 0.339 e. The number of carbonyl (C=O) groups excluding carboxylic acids is 1. The second-order valence-electron chi connectivity index (χ2n) is 7.47. The maximum Gasteiger partial charge on any atom is 0.227 e. The van der Waals surface area contributed by atoms with E-state index >= 15 is 0 Å². The number of aromatic nitrogens is 2. The van der Waals surface area contributed by atoms with Crippen LogP contribution in [0.3, 0.4) is 0 Å². The quantitative estimate of drug-likeness (QED) is 0.400. The maximum atomic E-state index is 13.2. The van der Waals surface area contributed by atoms with Crippen LogP contribution in [-0.4, -0.2) is 27.5 Å². The number of carbonyl (C=O) groups is 1. The Kier molecular flexibility index (Phi) is 5.57. The fourth-order valence-electron chi connectivity index (χ4n) is 4.01. The van der Waals surface area contributed by atoms with Crippen LogP contribution in [0.1, 0.15) is 34.4 Å². The second kappa shape index (κ2) is 8.65. The first-order valence-electron chi connectivity index (χ1n) is 10.2. The summed E-state index contributed by atoms with van der Waals surface area (Å²) < 4.78 is 5.38. The van der Waals surface area contributed by atoms with E-state index in [0.29, 0.717) is 36.1 Å². The minimum atomic E-state index is -0.0454. The van der Waals surface area contributed by atoms with Gasteiger partial charge in [0.2, 0.25) is 17.6 Å². The third-order valence-corrected chi connectivity index (χ3v) is 6.77. The molecule has 1 unspecified atom stereocenters. The van der Waals surface area contributed by atoms with Crippen LogP contribution in [0, 0.1) is 0 Å². The molecule has 0 radical (unpaired) electrons. The Morgan fingerprint density at radius 1 is 1.13 bits per heavy atom. The molecule has 1 aliphatic rings. The van der Waals surface area contributed by atoms with Gasteiger partial charge in [0.1, 0.15) is 0 Å². The summed E-state index contributed by atoms with van der Waals surface area (Å²) in [5.74, 6) is 1.06. The van der Waals surface area contributed by atoms with Crippen molar-refractivity contribution in [1.82, 2.24) is 15.0 Å². The van der Waals surface area contributed by atoms with E-state index in [1.54, 1.807) is 23.5 Å². The molecule has 7 heteroatoms. The van der Waals surface area contributed by atoms with Gasteiger partial charge in [-0.1, -0.05) is 47.1 Å². The van der Waals surface area contributed by atoms with Crippen molar-refractivity contribution < 1.29 is 9.32 Å². The zero-order chi connectivity index (χ0) is 21.2. The van der Waals surface area contributed by atoms with Crippen molar-refractivity contribution in [2.75, 3.05) is 6.54 Å². The van der Waals surface area contributed by atoms with Crippen LogP contribution in [0.5, 0.6) is 0 Å². The normalized spacial score (nSPS) is 15.6. The third-order valence-electron chi connectivity index (χ3n) is 5.52. The highest BCUT2D eigenvalue weighted by Crippen LogP contribution is 2.38. The van der Waals surface area contributed by atoms with Gasteiger partial charge >= 0.3 is 0 Å². The van der Waals surface area contributed by atoms with Gasteiger partial charge < -0.3 is 9.42 Å². The number of rotatable bonds is 5. The molecule has 0 aliphatic carbocycles. The molecular formula is C24H20ClN3O2S. The molecule has 0 N–H and O–H groups in total. The molecule has 1 atom stereocenters. The number of aryl methyl sites for hydroxylation is 1. The van der Waals surface area contributed by atoms with Crippen LogP contribution < -0.4 is 0 Å². The van der Waals surface area contributed by atoms with Gasteiger partial charge in [0.05, 0.1) is 6.04 Å². The number of fused-ring (bicyclic) bond motifs is 1. The third kappa shape index (κ3) is 4.13. The van der Waals surface area contributed by atoms with Crippen molar-refractivity contribution in [3.05, 3.63) is 93.0 Å². The van der Waals surface area contributed by atoms with E-state index in [1.165, 1.54) is 10.4 Å². The highest BCUT2D eigenvalue weighted by atomic mass is 35.5. The van der Waals surface area contributed by atoms with Gasteiger partial charge in [0, 0.05) is 34.8 Å². The van der Waals surface area contributed by atoms with E-state index in [2.05, 4.69) is 33.7 Å². The van der Waals surface area contributed by atoms with Gasteiger partial charge in [-0.05, 0) is 53.3 Å². The molecule has 4 aromatic rings. The number of halogens is 1. The Morgan fingerprint density at radius 2 is 1.94 bits per heavy atom. The molecular weight excluding hydrogens is 430 g/mol. The summed E-state index contributed by atoms with van der Waals surface area (Å²) in [6.45, 7) is 0.714. The Hall–Kier alpha value is -2.96. The van der Waals surface area contributed by atoms with E-state index in [9.17, 15) is 4.79 Å². The van der Waals surface area contributed by atoms with E-state index < -0.39 is 0 Å². The molecule has 31 heavy (non-hydrogen) atoms. The summed E-state index contributed by atoms with van der Waals surface area (Å²) in [6.07, 6.45) is 1.63. The Morgan fingerprint density at radius 3 is 2.74 bits per heavy atom. The van der Waals surface area contributed by atoms with Crippen LogP contribution in [-0.2, 0) is 17.6 Å². The van der Waals surface area contributed by atoms with Crippen LogP contribution in [0.15, 0.2) is 70.6 Å². The zero-order valence-corrected chi connectivity index (χ0v) is 18.3. The predicted octanol–water partition coefficient (Wildman–Crippen LogP) is 5.56. The number of hydrogen-bond acceptors (Lipinski definition) is 5. The lowest BCUT2D eigenvalue weighted by molar-refractivity contribution is -0.133. The molecule has 5 nitrogen and oxygen atoms in total. The summed E-state index contributed by atoms with van der Waals surface area (Å²) >= 11 is 7.71. The molecule has 1 amide bonds. The highest BCUT2D eigenvalue weighted by molar-refractivity contribution is 7.10. The van der Waals surface area contributed by atoms with Gasteiger partial charge in [-0.15, -0.1) is 11.3 Å². The van der Waals surface area contributed by atoms with Crippen molar-refractivity contribution in [3.8, 4) is 11.4 Å². The lowest BCUT2D eigenvalue weighted by Crippen LogP contribution is -2.40. The first-order valence-corrected chi connectivity index (χ1v) is 11.4. The number of amides is 1. The van der Waals surface area contributed by atoms with Crippen molar-refractivity contribution >= 4 is 28.8 Å². The van der Waals surface area contributed by atoms with Gasteiger partial charge in [0.25, 0.3) is 0 Å². The summed E-state index contributed by atoms with van der Waals surface area (Å²) in [7, 11) is 0. The molecule has 0 bridgehead atoms. The second-order valence-corrected chi connectivity index (χ2v) is 8.91. The summed E-state index contributed by atoms with van der Waals surface area (Å²) in [4.78, 5) is 21.0. The Bertz CT molecular complexity index is 1190. The van der Waals surface area contributed by atoms with Crippen LogP contribution in [0.2, 0.25) is 5.02 Å². The van der Waals surface area contributed by atoms with E-state index in [-0.39, 0.29) is 11.9 Å². The fraction of sp³-hybridized carbons (Fsp3) is 0.208. The van der Waals surface area contributed by atoms with Crippen LogP contribution in [0.25, 0.3) is 11.4 Å². The lowest BCUT2D eigenvalue weighted by atomic mass is 9.93. The Labute approximate surface area is 189 Å². The van der Waals surface area contributed by atoms with E-state index in [1.807, 2.05) is 35.2 Å². The lowest BCUT2D eigenvalue weighted by Gasteiger charge is -2.36. The van der Waals surface area contributed by atoms with E-state index in [0.717, 1.165) is 17.5 Å². The topological polar surface area (TPSA) is 59.2 Å². The first kappa shape index (κ1) is 20.0. The van der Waals surface area contributed by atoms with Crippen molar-refractivity contribution in [1.29, 1.82) is 0 Å². The average molecular weight is 450 g/mol. The number of benzene rings is 2. The standard InChI is InChI=1S/C24H20ClN3O2S/c25-18-8-6-17(7-9-18)24-26-21(30-27-24)10-11-22(29)28-14-12-20-19(13-15-31-20)23(28)16-4-2-1-3-5-16/h1-9,13,15,23H,10-12,14H2. The number of thiophene rings is 1. The highest BCUT2D eigenvalue weighted by Gasteiger charge is 2.32. The van der Waals surface area contributed by atoms with Crippen LogP contribution in [0.4, 0.5) is 0 Å². The molecule has 0 spiro atoms. The predicted molar refractivity (Wildman–Crippen MR) is 121 cm³/mol. The fourth-order valence-corrected chi connectivity index (χ4v) is 5.04.